The predicted molar refractivity (Wildman–Crippen MR) is 117 cm³/mol. The first kappa shape index (κ1) is 20.7. The first-order chi connectivity index (χ1) is 14.4. The summed E-state index contributed by atoms with van der Waals surface area (Å²) in [6.45, 7) is 7.85. The van der Waals surface area contributed by atoms with E-state index in [0.717, 1.165) is 64.6 Å². The number of fused-ring (bicyclic) bond motifs is 5. The first-order valence-corrected chi connectivity index (χ1v) is 12.5. The number of carbonyl (C=O) groups is 2. The highest BCUT2D eigenvalue weighted by atomic mass is 16.5. The molecule has 0 aromatic carbocycles. The number of hydrogen-bond acceptors (Lipinski definition) is 4. The number of Topliss-reactive ketones (excluding diaryl/α,β-unsaturated/α-hetero) is 1. The van der Waals surface area contributed by atoms with Gasteiger partial charge in [-0.3, -0.25) is 9.59 Å². The number of ether oxygens (including phenoxy) is 1. The lowest BCUT2D eigenvalue weighted by molar-refractivity contribution is -0.151. The van der Waals surface area contributed by atoms with Gasteiger partial charge in [0, 0.05) is 24.8 Å². The second-order valence-corrected chi connectivity index (χ2v) is 11.3. The van der Waals surface area contributed by atoms with Crippen LogP contribution in [-0.2, 0) is 14.3 Å². The average molecular weight is 414 g/mol. The van der Waals surface area contributed by atoms with Crippen molar-refractivity contribution >= 4 is 11.8 Å². The van der Waals surface area contributed by atoms with E-state index in [2.05, 4.69) is 24.8 Å². The van der Waals surface area contributed by atoms with Crippen molar-refractivity contribution < 1.29 is 14.3 Å². The molecule has 3 saturated carbocycles. The number of esters is 1. The second kappa shape index (κ2) is 7.76. The lowest BCUT2D eigenvalue weighted by atomic mass is 9.48. The largest absolute Gasteiger partial charge is 0.462 e. The molecule has 4 aliphatic carbocycles. The van der Waals surface area contributed by atoms with Gasteiger partial charge in [0.15, 0.2) is 0 Å². The maximum atomic E-state index is 12.6. The van der Waals surface area contributed by atoms with Gasteiger partial charge in [-0.05, 0) is 87.6 Å². The summed E-state index contributed by atoms with van der Waals surface area (Å²) in [5.41, 5.74) is 1.74. The number of allylic oxidation sites excluding steroid dienone is 1. The summed E-state index contributed by atoms with van der Waals surface area (Å²) < 4.78 is 5.93. The Kier molecular flexibility index (Phi) is 5.36. The lowest BCUT2D eigenvalue weighted by Gasteiger charge is -2.56. The van der Waals surface area contributed by atoms with E-state index in [1.807, 2.05) is 0 Å². The van der Waals surface area contributed by atoms with Gasteiger partial charge in [0.1, 0.15) is 11.9 Å². The molecule has 166 valence electrons. The van der Waals surface area contributed by atoms with Crippen molar-refractivity contribution in [2.75, 3.05) is 19.6 Å². The van der Waals surface area contributed by atoms with Gasteiger partial charge in [0.2, 0.25) is 0 Å². The standard InChI is InChI=1S/C26H39NO3/c1-25-12-9-19(30-24(29)11-16-27-14-3-4-15-27)17-18(25)5-6-20-21-7-8-23(28)26(21,2)13-10-22(20)25/h5,19-22H,3-4,6-17H2,1-2H3/t19-,20-,21-,22-,25-,26-/m0/s1. The number of hydrogen-bond donors (Lipinski definition) is 0. The van der Waals surface area contributed by atoms with Crippen LogP contribution < -0.4 is 0 Å². The molecule has 6 atom stereocenters. The molecule has 0 radical (unpaired) electrons. The van der Waals surface area contributed by atoms with Crippen molar-refractivity contribution in [3.8, 4) is 0 Å². The van der Waals surface area contributed by atoms with Gasteiger partial charge in [-0.1, -0.05) is 25.5 Å². The molecule has 0 N–H and O–H groups in total. The zero-order chi connectivity index (χ0) is 20.9. The number of rotatable bonds is 4. The summed E-state index contributed by atoms with van der Waals surface area (Å²) in [5, 5.41) is 0. The molecule has 0 aromatic heterocycles. The molecule has 0 aromatic rings. The molecule has 0 unspecified atom stereocenters. The molecule has 1 heterocycles. The van der Waals surface area contributed by atoms with E-state index in [9.17, 15) is 9.59 Å². The van der Waals surface area contributed by atoms with Crippen molar-refractivity contribution in [3.63, 3.8) is 0 Å². The summed E-state index contributed by atoms with van der Waals surface area (Å²) >= 11 is 0. The van der Waals surface area contributed by atoms with Gasteiger partial charge in [-0.25, -0.2) is 0 Å². The Morgan fingerprint density at radius 2 is 1.83 bits per heavy atom. The smallest absolute Gasteiger partial charge is 0.307 e. The molecule has 30 heavy (non-hydrogen) atoms. The molecular formula is C26H39NO3. The summed E-state index contributed by atoms with van der Waals surface area (Å²) in [6.07, 6.45) is 14.0. The van der Waals surface area contributed by atoms with Crippen LogP contribution in [-0.4, -0.2) is 42.4 Å². The summed E-state index contributed by atoms with van der Waals surface area (Å²) in [6, 6.07) is 0. The van der Waals surface area contributed by atoms with Gasteiger partial charge >= 0.3 is 5.97 Å². The van der Waals surface area contributed by atoms with Gasteiger partial charge in [-0.15, -0.1) is 0 Å². The molecule has 5 rings (SSSR count). The molecule has 4 nitrogen and oxygen atoms in total. The fourth-order valence-electron chi connectivity index (χ4n) is 8.00. The first-order valence-electron chi connectivity index (χ1n) is 12.5. The van der Waals surface area contributed by atoms with E-state index in [1.165, 1.54) is 19.3 Å². The van der Waals surface area contributed by atoms with Crippen molar-refractivity contribution in [2.24, 2.45) is 28.6 Å². The second-order valence-electron chi connectivity index (χ2n) is 11.3. The van der Waals surface area contributed by atoms with Crippen LogP contribution in [0.5, 0.6) is 0 Å². The molecular weight excluding hydrogens is 374 g/mol. The van der Waals surface area contributed by atoms with Crippen molar-refractivity contribution in [2.45, 2.75) is 90.6 Å². The van der Waals surface area contributed by atoms with Crippen LogP contribution in [0.2, 0.25) is 0 Å². The minimum absolute atomic E-state index is 0.0114. The van der Waals surface area contributed by atoms with E-state index in [0.29, 0.717) is 30.0 Å². The monoisotopic (exact) mass is 413 g/mol. The van der Waals surface area contributed by atoms with Gasteiger partial charge < -0.3 is 9.64 Å². The highest BCUT2D eigenvalue weighted by molar-refractivity contribution is 5.87. The van der Waals surface area contributed by atoms with Crippen LogP contribution in [0.3, 0.4) is 0 Å². The fraction of sp³-hybridized carbons (Fsp3) is 0.846. The number of likely N-dealkylation sites (tertiary alicyclic amines) is 1. The number of ketones is 1. The Hall–Kier alpha value is -1.16. The molecule has 0 spiro atoms. The Morgan fingerprint density at radius 1 is 1.10 bits per heavy atom. The van der Waals surface area contributed by atoms with Crippen LogP contribution >= 0.6 is 0 Å². The molecule has 0 amide bonds. The van der Waals surface area contributed by atoms with Crippen molar-refractivity contribution in [1.82, 2.24) is 4.90 Å². The molecule has 5 aliphatic rings. The summed E-state index contributed by atoms with van der Waals surface area (Å²) in [4.78, 5) is 27.4. The fourth-order valence-corrected chi connectivity index (χ4v) is 8.00. The Bertz CT molecular complexity index is 739. The zero-order valence-electron chi connectivity index (χ0n) is 19.0. The maximum absolute atomic E-state index is 12.6. The Labute approximate surface area is 181 Å². The third-order valence-electron chi connectivity index (χ3n) is 9.90. The SMILES string of the molecule is C[C@]12CC[C@H](OC(=O)CCN3CCCC3)CC1=CC[C@@H]1[C@@H]2CC[C@]2(C)C(=O)CC[C@@H]12. The highest BCUT2D eigenvalue weighted by Gasteiger charge is 2.58. The number of nitrogens with zero attached hydrogens (tertiary/aromatic N) is 1. The third-order valence-corrected chi connectivity index (χ3v) is 9.90. The molecule has 1 aliphatic heterocycles. The van der Waals surface area contributed by atoms with Crippen LogP contribution in [0.4, 0.5) is 0 Å². The Morgan fingerprint density at radius 3 is 2.63 bits per heavy atom. The van der Waals surface area contributed by atoms with Crippen molar-refractivity contribution in [1.29, 1.82) is 0 Å². The van der Waals surface area contributed by atoms with Crippen LogP contribution in [0.25, 0.3) is 0 Å². The topological polar surface area (TPSA) is 46.6 Å². The van der Waals surface area contributed by atoms with Gasteiger partial charge in [0.25, 0.3) is 0 Å². The lowest BCUT2D eigenvalue weighted by Crippen LogP contribution is -2.50. The maximum Gasteiger partial charge on any atom is 0.307 e. The van der Waals surface area contributed by atoms with Gasteiger partial charge in [-0.2, -0.15) is 0 Å². The summed E-state index contributed by atoms with van der Waals surface area (Å²) in [5.74, 6) is 2.47. The van der Waals surface area contributed by atoms with E-state index in [4.69, 9.17) is 4.74 Å². The van der Waals surface area contributed by atoms with Crippen molar-refractivity contribution in [3.05, 3.63) is 11.6 Å². The minimum atomic E-state index is -0.0507. The van der Waals surface area contributed by atoms with E-state index in [1.54, 1.807) is 5.57 Å². The normalized spacial score (nSPS) is 43.5. The molecule has 4 heteroatoms. The Balaban J connectivity index is 1.22. The van der Waals surface area contributed by atoms with Crippen LogP contribution in [0, 0.1) is 28.6 Å². The number of carbonyl (C=O) groups excluding carboxylic acids is 2. The minimum Gasteiger partial charge on any atom is -0.462 e. The highest BCUT2D eigenvalue weighted by Crippen LogP contribution is 2.64. The summed E-state index contributed by atoms with van der Waals surface area (Å²) in [7, 11) is 0. The molecule has 1 saturated heterocycles. The van der Waals surface area contributed by atoms with Crippen LogP contribution in [0.15, 0.2) is 11.6 Å². The zero-order valence-corrected chi connectivity index (χ0v) is 19.0. The van der Waals surface area contributed by atoms with E-state index >= 15 is 0 Å². The van der Waals surface area contributed by atoms with Crippen LogP contribution in [0.1, 0.15) is 84.5 Å². The predicted octanol–water partition coefficient (Wildman–Crippen LogP) is 4.92. The van der Waals surface area contributed by atoms with E-state index < -0.39 is 0 Å². The molecule has 0 bridgehead atoms. The van der Waals surface area contributed by atoms with Gasteiger partial charge in [0.05, 0.1) is 6.42 Å². The third kappa shape index (κ3) is 3.38. The average Bonchev–Trinajstić information content (AvgIpc) is 3.35. The quantitative estimate of drug-likeness (QED) is 0.485. The molecule has 4 fully saturated rings. The van der Waals surface area contributed by atoms with E-state index in [-0.39, 0.29) is 22.9 Å².